The lowest BCUT2D eigenvalue weighted by Crippen LogP contribution is -2.64. The number of hydrogen-bond acceptors (Lipinski definition) is 2. The quantitative estimate of drug-likeness (QED) is 0.753. The minimum Gasteiger partial charge on any atom is -0.313 e. The molecule has 1 aliphatic heterocycles. The average Bonchev–Trinajstić information content (AvgIpc) is 2.22. The van der Waals surface area contributed by atoms with Crippen LogP contribution in [0.15, 0.2) is 0 Å². The van der Waals surface area contributed by atoms with E-state index in [-0.39, 0.29) is 0 Å². The lowest BCUT2D eigenvalue weighted by molar-refractivity contribution is 0.136. The Balaban J connectivity index is 1.90. The zero-order chi connectivity index (χ0) is 11.6. The van der Waals surface area contributed by atoms with Crippen LogP contribution < -0.4 is 10.6 Å². The van der Waals surface area contributed by atoms with Crippen LogP contribution >= 0.6 is 0 Å². The van der Waals surface area contributed by atoms with Crippen LogP contribution in [-0.4, -0.2) is 24.7 Å². The third kappa shape index (κ3) is 2.98. The molecule has 1 saturated heterocycles. The highest BCUT2D eigenvalue weighted by Crippen LogP contribution is 2.33. The molecule has 1 aliphatic carbocycles. The molecule has 0 aromatic rings. The Kier molecular flexibility index (Phi) is 3.91. The highest BCUT2D eigenvalue weighted by molar-refractivity contribution is 4.99. The van der Waals surface area contributed by atoms with Crippen LogP contribution in [0.25, 0.3) is 0 Å². The molecule has 0 aromatic carbocycles. The average molecular weight is 224 g/mol. The molecule has 0 bridgehead atoms. The largest absolute Gasteiger partial charge is 0.313 e. The first-order valence-electron chi connectivity index (χ1n) is 7.08. The van der Waals surface area contributed by atoms with Gasteiger partial charge in [-0.3, -0.25) is 0 Å². The zero-order valence-electron chi connectivity index (χ0n) is 11.2. The SMILES string of the molecule is CC(C)C[C@@H]1CNCC2(CCC(C)CC2)N1. The Morgan fingerprint density at radius 1 is 1.25 bits per heavy atom. The summed E-state index contributed by atoms with van der Waals surface area (Å²) in [5, 5.41) is 7.61. The van der Waals surface area contributed by atoms with Crippen LogP contribution in [0.2, 0.25) is 0 Å². The van der Waals surface area contributed by atoms with Gasteiger partial charge in [0.1, 0.15) is 0 Å². The smallest absolute Gasteiger partial charge is 0.0309 e. The molecule has 1 spiro atoms. The molecular formula is C14H28N2. The summed E-state index contributed by atoms with van der Waals surface area (Å²) in [6.45, 7) is 9.40. The molecule has 1 saturated carbocycles. The van der Waals surface area contributed by atoms with Crippen LogP contribution in [-0.2, 0) is 0 Å². The molecule has 0 amide bonds. The first kappa shape index (κ1) is 12.4. The zero-order valence-corrected chi connectivity index (χ0v) is 11.2. The third-order valence-electron chi connectivity index (χ3n) is 4.35. The van der Waals surface area contributed by atoms with E-state index in [0.29, 0.717) is 11.6 Å². The highest BCUT2D eigenvalue weighted by Gasteiger charge is 2.37. The Hall–Kier alpha value is -0.0800. The minimum absolute atomic E-state index is 0.435. The third-order valence-corrected chi connectivity index (χ3v) is 4.35. The maximum absolute atomic E-state index is 3.96. The van der Waals surface area contributed by atoms with E-state index in [2.05, 4.69) is 31.4 Å². The molecule has 94 valence electrons. The molecule has 2 aliphatic rings. The highest BCUT2D eigenvalue weighted by atomic mass is 15.1. The minimum atomic E-state index is 0.435. The van der Waals surface area contributed by atoms with E-state index in [0.717, 1.165) is 18.4 Å². The van der Waals surface area contributed by atoms with Gasteiger partial charge in [-0.15, -0.1) is 0 Å². The lowest BCUT2D eigenvalue weighted by Gasteiger charge is -2.47. The van der Waals surface area contributed by atoms with E-state index in [4.69, 9.17) is 0 Å². The van der Waals surface area contributed by atoms with Crippen molar-refractivity contribution in [3.8, 4) is 0 Å². The van der Waals surface area contributed by atoms with Gasteiger partial charge >= 0.3 is 0 Å². The van der Waals surface area contributed by atoms with Crippen molar-refractivity contribution in [2.24, 2.45) is 11.8 Å². The van der Waals surface area contributed by atoms with E-state index in [1.165, 1.54) is 38.6 Å². The molecule has 16 heavy (non-hydrogen) atoms. The monoisotopic (exact) mass is 224 g/mol. The molecule has 2 N–H and O–H groups in total. The Morgan fingerprint density at radius 2 is 1.94 bits per heavy atom. The van der Waals surface area contributed by atoms with Crippen molar-refractivity contribution < 1.29 is 0 Å². The van der Waals surface area contributed by atoms with Crippen molar-refractivity contribution in [2.75, 3.05) is 13.1 Å². The van der Waals surface area contributed by atoms with Crippen molar-refractivity contribution in [1.29, 1.82) is 0 Å². The van der Waals surface area contributed by atoms with Gasteiger partial charge in [-0.1, -0.05) is 20.8 Å². The van der Waals surface area contributed by atoms with Gasteiger partial charge in [0.15, 0.2) is 0 Å². The van der Waals surface area contributed by atoms with E-state index >= 15 is 0 Å². The molecule has 2 fully saturated rings. The topological polar surface area (TPSA) is 24.1 Å². The molecule has 2 nitrogen and oxygen atoms in total. The predicted molar refractivity (Wildman–Crippen MR) is 69.6 cm³/mol. The number of rotatable bonds is 2. The van der Waals surface area contributed by atoms with Gasteiger partial charge in [0, 0.05) is 24.7 Å². The Bertz CT molecular complexity index is 217. The predicted octanol–water partition coefficient (Wildman–Crippen LogP) is 2.54. The van der Waals surface area contributed by atoms with Gasteiger partial charge in [0.05, 0.1) is 0 Å². The van der Waals surface area contributed by atoms with E-state index in [1.54, 1.807) is 0 Å². The van der Waals surface area contributed by atoms with Crippen molar-refractivity contribution in [3.05, 3.63) is 0 Å². The van der Waals surface area contributed by atoms with Gasteiger partial charge in [-0.25, -0.2) is 0 Å². The summed E-state index contributed by atoms with van der Waals surface area (Å²) in [6.07, 6.45) is 6.86. The summed E-state index contributed by atoms with van der Waals surface area (Å²) in [4.78, 5) is 0. The molecule has 0 unspecified atom stereocenters. The molecule has 1 atom stereocenters. The van der Waals surface area contributed by atoms with Crippen LogP contribution in [0.1, 0.15) is 52.9 Å². The second kappa shape index (κ2) is 5.05. The molecule has 2 heteroatoms. The molecule has 1 heterocycles. The lowest BCUT2D eigenvalue weighted by atomic mass is 9.75. The van der Waals surface area contributed by atoms with Crippen molar-refractivity contribution in [1.82, 2.24) is 10.6 Å². The van der Waals surface area contributed by atoms with E-state index < -0.39 is 0 Å². The van der Waals surface area contributed by atoms with Gasteiger partial charge in [0.25, 0.3) is 0 Å². The fourth-order valence-electron chi connectivity index (χ4n) is 3.37. The maximum Gasteiger partial charge on any atom is 0.0309 e. The van der Waals surface area contributed by atoms with Crippen LogP contribution in [0.4, 0.5) is 0 Å². The Labute approximate surface area is 101 Å². The summed E-state index contributed by atoms with van der Waals surface area (Å²) in [6, 6.07) is 0.696. The summed E-state index contributed by atoms with van der Waals surface area (Å²) in [7, 11) is 0. The summed E-state index contributed by atoms with van der Waals surface area (Å²) >= 11 is 0. The first-order valence-corrected chi connectivity index (χ1v) is 7.08. The van der Waals surface area contributed by atoms with Crippen LogP contribution in [0.5, 0.6) is 0 Å². The summed E-state index contributed by atoms with van der Waals surface area (Å²) < 4.78 is 0. The van der Waals surface area contributed by atoms with E-state index in [1.807, 2.05) is 0 Å². The fourth-order valence-corrected chi connectivity index (χ4v) is 3.37. The normalized spacial score (nSPS) is 40.5. The second-order valence-electron chi connectivity index (χ2n) is 6.56. The molecule has 2 rings (SSSR count). The molecule has 0 radical (unpaired) electrons. The maximum atomic E-state index is 3.96. The van der Waals surface area contributed by atoms with E-state index in [9.17, 15) is 0 Å². The van der Waals surface area contributed by atoms with Gasteiger partial charge in [-0.2, -0.15) is 0 Å². The number of nitrogens with one attached hydrogen (secondary N) is 2. The first-order chi connectivity index (χ1) is 7.60. The van der Waals surface area contributed by atoms with Crippen molar-refractivity contribution >= 4 is 0 Å². The molecular weight excluding hydrogens is 196 g/mol. The van der Waals surface area contributed by atoms with Crippen molar-refractivity contribution in [2.45, 2.75) is 64.5 Å². The summed E-state index contributed by atoms with van der Waals surface area (Å²) in [5.74, 6) is 1.75. The number of hydrogen-bond donors (Lipinski definition) is 2. The van der Waals surface area contributed by atoms with Crippen LogP contribution in [0.3, 0.4) is 0 Å². The van der Waals surface area contributed by atoms with Gasteiger partial charge < -0.3 is 10.6 Å². The second-order valence-corrected chi connectivity index (χ2v) is 6.56. The van der Waals surface area contributed by atoms with Crippen molar-refractivity contribution in [3.63, 3.8) is 0 Å². The fraction of sp³-hybridized carbons (Fsp3) is 1.00. The van der Waals surface area contributed by atoms with Crippen LogP contribution in [0, 0.1) is 11.8 Å². The molecule has 0 aromatic heterocycles. The number of piperazine rings is 1. The van der Waals surface area contributed by atoms with Gasteiger partial charge in [0.2, 0.25) is 0 Å². The summed E-state index contributed by atoms with van der Waals surface area (Å²) in [5.41, 5.74) is 0.435. The standard InChI is InChI=1S/C14H28N2/c1-11(2)8-13-9-15-10-14(16-13)6-4-12(3)5-7-14/h11-13,15-16H,4-10H2,1-3H3/t12?,13-,14?/m1/s1. The van der Waals surface area contributed by atoms with Gasteiger partial charge in [-0.05, 0) is 43.9 Å². The Morgan fingerprint density at radius 3 is 2.56 bits per heavy atom.